The summed E-state index contributed by atoms with van der Waals surface area (Å²) in [6, 6.07) is 50.4. The largest absolute Gasteiger partial charge is 0.507 e. The van der Waals surface area contributed by atoms with Crippen molar-refractivity contribution in [3.05, 3.63) is 156 Å². The second-order valence-electron chi connectivity index (χ2n) is 23.4. The molecule has 0 saturated carbocycles. The molecule has 4 nitrogen and oxygen atoms in total. The van der Waals surface area contributed by atoms with Crippen LogP contribution in [0.3, 0.4) is 0 Å². The Kier molecular flexibility index (Phi) is 13.4. The summed E-state index contributed by atoms with van der Waals surface area (Å²) in [5.41, 5.74) is 14.4. The van der Waals surface area contributed by atoms with Gasteiger partial charge in [0.25, 0.3) is 0 Å². The maximum atomic E-state index is 12.6. The number of phenolic OH excluding ortho intramolecular Hbond substituents is 1. The second kappa shape index (κ2) is 18.1. The van der Waals surface area contributed by atoms with Gasteiger partial charge in [0.2, 0.25) is 0 Å². The first-order chi connectivity index (χ1) is 30.8. The van der Waals surface area contributed by atoms with Gasteiger partial charge in [-0.15, -0.1) is 29.3 Å². The number of fused-ring (bicyclic) bond motifs is 1. The van der Waals surface area contributed by atoms with Crippen molar-refractivity contribution in [1.29, 1.82) is 0 Å². The Bertz CT molecular complexity index is 3100. The summed E-state index contributed by atoms with van der Waals surface area (Å²) in [6.45, 7) is 34.4. The fourth-order valence-electron chi connectivity index (χ4n) is 8.80. The van der Waals surface area contributed by atoms with Gasteiger partial charge in [-0.3, -0.25) is 9.55 Å². The Hall–Kier alpha value is -5.14. The van der Waals surface area contributed by atoms with Crippen molar-refractivity contribution < 1.29 is 26.2 Å². The summed E-state index contributed by atoms with van der Waals surface area (Å²) in [6.07, 6.45) is 1.92. The maximum Gasteiger partial charge on any atom is 0.148 e. The van der Waals surface area contributed by atoms with Crippen LogP contribution in [0.5, 0.6) is 5.75 Å². The molecule has 0 aliphatic rings. The topological polar surface area (TPSA) is 50.9 Å². The van der Waals surface area contributed by atoms with Gasteiger partial charge >= 0.3 is 0 Å². The van der Waals surface area contributed by atoms with E-state index in [1.807, 2.05) is 6.20 Å². The molecule has 0 unspecified atom stereocenters. The Morgan fingerprint density at radius 2 is 1.13 bits per heavy atom. The van der Waals surface area contributed by atoms with Crippen LogP contribution in [-0.4, -0.2) is 35.8 Å². The zero-order chi connectivity index (χ0) is 47.7. The van der Waals surface area contributed by atoms with E-state index in [2.05, 4.69) is 240 Å². The van der Waals surface area contributed by atoms with E-state index in [1.165, 1.54) is 21.5 Å². The maximum absolute atomic E-state index is 12.6. The summed E-state index contributed by atoms with van der Waals surface area (Å²) >= 11 is 0. The number of aromatic hydroxyl groups is 1. The molecule has 0 amide bonds. The van der Waals surface area contributed by atoms with E-state index in [1.54, 1.807) is 0 Å². The van der Waals surface area contributed by atoms with Crippen molar-refractivity contribution in [2.45, 2.75) is 118 Å². The first-order valence-corrected chi connectivity index (χ1v) is 30.5. The van der Waals surface area contributed by atoms with E-state index in [0.717, 1.165) is 72.5 Å². The number of imidazole rings is 1. The number of hydrogen-bond acceptors (Lipinski definition) is 3. The molecule has 0 aliphatic heterocycles. The Labute approximate surface area is 417 Å². The van der Waals surface area contributed by atoms with E-state index in [0.29, 0.717) is 5.82 Å². The molecule has 7 heteroatoms. The third-order valence-corrected chi connectivity index (χ3v) is 17.2. The van der Waals surface area contributed by atoms with Gasteiger partial charge < -0.3 is 5.11 Å². The van der Waals surface area contributed by atoms with E-state index in [9.17, 15) is 5.11 Å². The van der Waals surface area contributed by atoms with Crippen LogP contribution in [0, 0.1) is 6.07 Å². The Morgan fingerprint density at radius 1 is 0.522 bits per heavy atom. The quantitative estimate of drug-likeness (QED) is 0.122. The molecule has 0 spiro atoms. The molecule has 1 N–H and O–H groups in total. The van der Waals surface area contributed by atoms with Crippen molar-refractivity contribution in [3.63, 3.8) is 0 Å². The molecule has 8 rings (SSSR count). The zero-order valence-electron chi connectivity index (χ0n) is 42.3. The molecule has 67 heavy (non-hydrogen) atoms. The average Bonchev–Trinajstić information content (AvgIpc) is 3.64. The van der Waals surface area contributed by atoms with Crippen molar-refractivity contribution in [2.75, 3.05) is 0 Å². The van der Waals surface area contributed by atoms with Crippen LogP contribution in [0.25, 0.3) is 72.7 Å². The number of rotatable bonds is 8. The third kappa shape index (κ3) is 10.2. The van der Waals surface area contributed by atoms with E-state index >= 15 is 0 Å². The van der Waals surface area contributed by atoms with Crippen molar-refractivity contribution in [1.82, 2.24) is 14.5 Å². The average molecular weight is 1100 g/mol. The summed E-state index contributed by atoms with van der Waals surface area (Å²) in [7, 11) is -3.15. The van der Waals surface area contributed by atoms with Crippen molar-refractivity contribution in [3.8, 4) is 67.5 Å². The predicted octanol–water partition coefficient (Wildman–Crippen LogP) is 15.2. The molecular weight excluding hydrogens is 1030 g/mol. The number of phenols is 1. The summed E-state index contributed by atoms with van der Waals surface area (Å²) < 4.78 is 2.30. The van der Waals surface area contributed by atoms with Gasteiger partial charge in [0.05, 0.1) is 38.4 Å². The molecule has 6 aromatic carbocycles. The van der Waals surface area contributed by atoms with E-state index in [4.69, 9.17) is 9.97 Å². The fraction of sp³-hybridized carbons (Fsp3) is 0.300. The van der Waals surface area contributed by atoms with E-state index < -0.39 is 16.1 Å². The predicted molar refractivity (Wildman–Crippen MR) is 289 cm³/mol. The smallest absolute Gasteiger partial charge is 0.148 e. The molecule has 0 aliphatic carbocycles. The number of hydrogen-bond donors (Lipinski definition) is 1. The van der Waals surface area contributed by atoms with Gasteiger partial charge in [0, 0.05) is 44.1 Å². The van der Waals surface area contributed by atoms with Crippen LogP contribution >= 0.6 is 0 Å². The SMILES string of the molecule is CC(C)(C)c1cc(-c2cc(-c3ccc([Si](C)(C)C)cc3)ccn2)[c-]c(-c2cccc3c2nc(-c2cc(C(C)(C)C)cc(C(C)(C)C)c2O)n3-c2ccc([Si](C)(C)C)cc2-c2ccccc2)c1.[Pt]. The van der Waals surface area contributed by atoms with Gasteiger partial charge in [-0.2, -0.15) is 0 Å². The molecular formula is C60H68N3OPtSi2-. The first kappa shape index (κ1) is 49.8. The van der Waals surface area contributed by atoms with Gasteiger partial charge in [-0.05, 0) is 62.8 Å². The van der Waals surface area contributed by atoms with Crippen LogP contribution in [0.2, 0.25) is 39.3 Å². The molecule has 0 atom stereocenters. The number of benzene rings is 6. The van der Waals surface area contributed by atoms with Gasteiger partial charge in [-0.1, -0.05) is 214 Å². The Morgan fingerprint density at radius 3 is 1.75 bits per heavy atom. The normalized spacial score (nSPS) is 12.6. The summed E-state index contributed by atoms with van der Waals surface area (Å²) in [4.78, 5) is 10.7. The zero-order valence-corrected chi connectivity index (χ0v) is 46.6. The third-order valence-electron chi connectivity index (χ3n) is 13.0. The summed E-state index contributed by atoms with van der Waals surface area (Å²) in [5.74, 6) is 0.962. The molecule has 0 fully saturated rings. The minimum absolute atomic E-state index is 0. The van der Waals surface area contributed by atoms with Gasteiger partial charge in [0.15, 0.2) is 0 Å². The number of para-hydroxylation sites is 1. The molecule has 0 bridgehead atoms. The van der Waals surface area contributed by atoms with Crippen molar-refractivity contribution in [2.24, 2.45) is 0 Å². The minimum atomic E-state index is -1.71. The molecule has 0 radical (unpaired) electrons. The van der Waals surface area contributed by atoms with Crippen LogP contribution in [-0.2, 0) is 37.3 Å². The van der Waals surface area contributed by atoms with Crippen LogP contribution in [0.1, 0.15) is 79.0 Å². The monoisotopic (exact) mass is 1100 g/mol. The molecule has 2 heterocycles. The number of pyridine rings is 1. The minimum Gasteiger partial charge on any atom is -0.507 e. The van der Waals surface area contributed by atoms with Crippen LogP contribution < -0.4 is 10.4 Å². The second-order valence-corrected chi connectivity index (χ2v) is 33.6. The first-order valence-electron chi connectivity index (χ1n) is 23.5. The molecule has 0 saturated heterocycles. The Balaban J connectivity index is 0.00000666. The van der Waals surface area contributed by atoms with Gasteiger partial charge in [-0.25, -0.2) is 4.98 Å². The molecule has 8 aromatic rings. The van der Waals surface area contributed by atoms with Crippen LogP contribution in [0.15, 0.2) is 134 Å². The standard InChI is InChI=1S/C60H68N3OSi2.Pt/c1-58(2,3)44-33-42(32-43(34-44)52-35-41(30-31-61-52)39-24-26-46(27-25-39)65(10,11)12)48-22-19-23-54-55(48)62-57(50-36-45(59(4,5)6)37-51(56(50)64)60(7,8)9)63(54)53-29-28-47(66(13,14)15)38-49(53)40-20-17-16-18-21-40;/h16-31,33-38,64H,1-15H3;/q-1;. The van der Waals surface area contributed by atoms with Gasteiger partial charge in [0.1, 0.15) is 11.6 Å². The molecule has 348 valence electrons. The number of aromatic nitrogens is 3. The van der Waals surface area contributed by atoms with E-state index in [-0.39, 0.29) is 43.1 Å². The number of nitrogens with zero attached hydrogens (tertiary/aromatic N) is 3. The fourth-order valence-corrected chi connectivity index (χ4v) is 11.1. The van der Waals surface area contributed by atoms with Crippen LogP contribution in [0.4, 0.5) is 0 Å². The van der Waals surface area contributed by atoms with Crippen molar-refractivity contribution >= 4 is 37.6 Å². The molecule has 2 aromatic heterocycles. The summed E-state index contributed by atoms with van der Waals surface area (Å²) in [5, 5.41) is 15.4.